The molecule has 4 heteroatoms. The Balaban J connectivity index is 1.44. The average Bonchev–Trinajstić information content (AvgIpc) is 3.40. The highest BCUT2D eigenvalue weighted by Gasteiger charge is 2.25. The highest BCUT2D eigenvalue weighted by molar-refractivity contribution is 6.36. The predicted octanol–water partition coefficient (Wildman–Crippen LogP) is 9.96. The molecule has 0 bridgehead atoms. The maximum atomic E-state index is 6.27. The summed E-state index contributed by atoms with van der Waals surface area (Å²) in [5.41, 5.74) is 4.95. The van der Waals surface area contributed by atoms with E-state index in [0.717, 1.165) is 44.7 Å². The molecule has 1 aliphatic rings. The van der Waals surface area contributed by atoms with Crippen molar-refractivity contribution in [1.29, 1.82) is 0 Å². The summed E-state index contributed by atoms with van der Waals surface area (Å²) in [4.78, 5) is 10.5. The van der Waals surface area contributed by atoms with Gasteiger partial charge < -0.3 is 4.74 Å². The number of aromatic nitrogens is 3. The lowest BCUT2D eigenvalue weighted by molar-refractivity contribution is 0.486. The van der Waals surface area contributed by atoms with E-state index in [-0.39, 0.29) is 0 Å². The number of hydrogen-bond donors (Lipinski definition) is 0. The molecule has 0 saturated carbocycles. The number of nitrogens with zero attached hydrogens (tertiary/aromatic N) is 3. The van der Waals surface area contributed by atoms with E-state index in [0.29, 0.717) is 5.95 Å². The van der Waals surface area contributed by atoms with Gasteiger partial charge in [-0.05, 0) is 57.3 Å². The van der Waals surface area contributed by atoms with Crippen LogP contribution in [0.5, 0.6) is 11.5 Å². The van der Waals surface area contributed by atoms with Crippen molar-refractivity contribution in [3.8, 4) is 28.7 Å². The van der Waals surface area contributed by atoms with Crippen molar-refractivity contribution in [2.45, 2.75) is 0 Å². The van der Waals surface area contributed by atoms with Crippen molar-refractivity contribution in [1.82, 2.24) is 14.5 Å². The lowest BCUT2D eigenvalue weighted by atomic mass is 9.93. The minimum Gasteiger partial charge on any atom is -0.456 e. The Hall–Kier alpha value is -5.74. The molecule has 42 heavy (non-hydrogen) atoms. The first-order valence-electron chi connectivity index (χ1n) is 14.2. The van der Waals surface area contributed by atoms with Gasteiger partial charge >= 0.3 is 0 Å². The molecule has 0 saturated heterocycles. The van der Waals surface area contributed by atoms with Crippen molar-refractivity contribution < 1.29 is 4.74 Å². The van der Waals surface area contributed by atoms with Gasteiger partial charge in [0, 0.05) is 21.7 Å². The van der Waals surface area contributed by atoms with Crippen molar-refractivity contribution in [3.05, 3.63) is 127 Å². The van der Waals surface area contributed by atoms with Gasteiger partial charge in [0.2, 0.25) is 5.95 Å². The van der Waals surface area contributed by atoms with Gasteiger partial charge in [0.25, 0.3) is 0 Å². The normalized spacial score (nSPS) is 12.5. The van der Waals surface area contributed by atoms with Crippen LogP contribution in [0.4, 0.5) is 0 Å². The summed E-state index contributed by atoms with van der Waals surface area (Å²) >= 11 is 0. The Morgan fingerprint density at radius 3 is 2.14 bits per heavy atom. The summed E-state index contributed by atoms with van der Waals surface area (Å²) in [6.45, 7) is 0. The molecule has 9 aromatic rings. The van der Waals surface area contributed by atoms with Crippen LogP contribution < -0.4 is 4.74 Å². The molecule has 2 aromatic heterocycles. The maximum absolute atomic E-state index is 6.27. The van der Waals surface area contributed by atoms with Gasteiger partial charge in [-0.1, -0.05) is 97.1 Å². The van der Waals surface area contributed by atoms with Gasteiger partial charge in [-0.2, -0.15) is 0 Å². The number of rotatable bonds is 1. The molecule has 7 aromatic carbocycles. The molecule has 4 nitrogen and oxygen atoms in total. The number of fused-ring (bicyclic) bond motifs is 12. The van der Waals surface area contributed by atoms with Gasteiger partial charge in [0.1, 0.15) is 11.5 Å². The zero-order chi connectivity index (χ0) is 27.4. The molecular weight excluding hydrogens is 514 g/mol. The van der Waals surface area contributed by atoms with E-state index in [1.165, 1.54) is 43.1 Å². The molecule has 0 radical (unpaired) electrons. The van der Waals surface area contributed by atoms with Crippen LogP contribution >= 0.6 is 0 Å². The van der Waals surface area contributed by atoms with E-state index >= 15 is 0 Å². The molecular formula is C38H21N3O. The largest absolute Gasteiger partial charge is 0.456 e. The third-order valence-corrected chi connectivity index (χ3v) is 8.76. The zero-order valence-electron chi connectivity index (χ0n) is 22.4. The first-order chi connectivity index (χ1) is 20.8. The monoisotopic (exact) mass is 535 g/mol. The van der Waals surface area contributed by atoms with Gasteiger partial charge in [0.15, 0.2) is 0 Å². The summed E-state index contributed by atoms with van der Waals surface area (Å²) < 4.78 is 8.54. The quantitative estimate of drug-likeness (QED) is 0.196. The van der Waals surface area contributed by atoms with Crippen molar-refractivity contribution in [2.75, 3.05) is 0 Å². The standard InChI is InChI=1S/C38H21N3O/c1-2-11-23-22(10-1)20-21-28-33(23)24-12-3-4-13-25(24)37-34(28)26-14-5-7-17-30(26)41(37)38-39-29-16-9-19-32-35(29)36(40-38)27-15-6-8-18-31(27)42-32/h1-21H. The SMILES string of the molecule is c1ccc2c(c1)Oc1cccc3nc(-n4c5ccccc5c5c6ccc7ccccc7c6c6ccccc6c54)nc-2c13. The second kappa shape index (κ2) is 7.93. The number of ether oxygens (including phenoxy) is 1. The Labute approximate surface area is 240 Å². The topological polar surface area (TPSA) is 39.9 Å². The highest BCUT2D eigenvalue weighted by Crippen LogP contribution is 2.47. The number of benzene rings is 7. The minimum absolute atomic E-state index is 0.655. The molecule has 0 amide bonds. The molecule has 0 unspecified atom stereocenters. The van der Waals surface area contributed by atoms with Crippen LogP contribution in [0.2, 0.25) is 0 Å². The average molecular weight is 536 g/mol. The lowest BCUT2D eigenvalue weighted by Gasteiger charge is -2.21. The summed E-state index contributed by atoms with van der Waals surface area (Å²) in [6.07, 6.45) is 0. The second-order valence-electron chi connectivity index (χ2n) is 11.0. The fourth-order valence-corrected chi connectivity index (χ4v) is 7.04. The van der Waals surface area contributed by atoms with Gasteiger partial charge in [0.05, 0.1) is 27.6 Å². The minimum atomic E-state index is 0.655. The molecule has 0 N–H and O–H groups in total. The molecule has 0 fully saturated rings. The van der Waals surface area contributed by atoms with Crippen LogP contribution in [-0.4, -0.2) is 14.5 Å². The van der Waals surface area contributed by atoms with E-state index in [9.17, 15) is 0 Å². The fourth-order valence-electron chi connectivity index (χ4n) is 7.04. The third kappa shape index (κ3) is 2.76. The van der Waals surface area contributed by atoms with E-state index in [1.807, 2.05) is 30.3 Å². The first kappa shape index (κ1) is 22.0. The molecule has 194 valence electrons. The summed E-state index contributed by atoms with van der Waals surface area (Å²) in [7, 11) is 0. The smallest absolute Gasteiger partial charge is 0.235 e. The third-order valence-electron chi connectivity index (χ3n) is 8.76. The molecule has 1 aliphatic heterocycles. The van der Waals surface area contributed by atoms with E-state index in [1.54, 1.807) is 0 Å². The second-order valence-corrected chi connectivity index (χ2v) is 11.0. The van der Waals surface area contributed by atoms with Crippen molar-refractivity contribution in [3.63, 3.8) is 0 Å². The summed E-state index contributed by atoms with van der Waals surface area (Å²) in [6, 6.07) is 44.8. The van der Waals surface area contributed by atoms with Crippen LogP contribution in [0.1, 0.15) is 0 Å². The van der Waals surface area contributed by atoms with Crippen LogP contribution in [0.3, 0.4) is 0 Å². The van der Waals surface area contributed by atoms with Crippen molar-refractivity contribution in [2.24, 2.45) is 0 Å². The molecule has 0 aliphatic carbocycles. The Morgan fingerprint density at radius 2 is 1.21 bits per heavy atom. The highest BCUT2D eigenvalue weighted by atomic mass is 16.5. The van der Waals surface area contributed by atoms with Gasteiger partial charge in [-0.3, -0.25) is 4.57 Å². The lowest BCUT2D eigenvalue weighted by Crippen LogP contribution is -2.06. The zero-order valence-corrected chi connectivity index (χ0v) is 22.4. The Morgan fingerprint density at radius 1 is 0.476 bits per heavy atom. The van der Waals surface area contributed by atoms with Crippen LogP contribution in [0, 0.1) is 0 Å². The number of para-hydroxylation sites is 2. The first-order valence-corrected chi connectivity index (χ1v) is 14.2. The summed E-state index contributed by atoms with van der Waals surface area (Å²) in [5, 5.41) is 10.8. The van der Waals surface area contributed by atoms with E-state index in [2.05, 4.69) is 102 Å². The Bertz CT molecular complexity index is 2610. The van der Waals surface area contributed by atoms with E-state index < -0.39 is 0 Å². The maximum Gasteiger partial charge on any atom is 0.235 e. The fraction of sp³-hybridized carbons (Fsp3) is 0. The molecule has 0 atom stereocenters. The van der Waals surface area contributed by atoms with Crippen LogP contribution in [0.25, 0.3) is 82.2 Å². The Kier molecular flexibility index (Phi) is 4.15. The number of hydrogen-bond acceptors (Lipinski definition) is 3. The van der Waals surface area contributed by atoms with Crippen LogP contribution in [-0.2, 0) is 0 Å². The molecule has 0 spiro atoms. The van der Waals surface area contributed by atoms with Gasteiger partial charge in [-0.25, -0.2) is 9.97 Å². The molecule has 3 heterocycles. The van der Waals surface area contributed by atoms with Crippen LogP contribution in [0.15, 0.2) is 127 Å². The summed E-state index contributed by atoms with van der Waals surface area (Å²) in [5.74, 6) is 2.26. The van der Waals surface area contributed by atoms with E-state index in [4.69, 9.17) is 14.7 Å². The predicted molar refractivity (Wildman–Crippen MR) is 172 cm³/mol. The molecule has 10 rings (SSSR count). The van der Waals surface area contributed by atoms with Gasteiger partial charge in [-0.15, -0.1) is 0 Å². The van der Waals surface area contributed by atoms with Crippen molar-refractivity contribution >= 4 is 65.0 Å².